The molecular weight excluding hydrogens is 297 g/mol. The topological polar surface area (TPSA) is 69.2 Å². The van der Waals surface area contributed by atoms with E-state index in [0.717, 1.165) is 25.1 Å². The summed E-state index contributed by atoms with van der Waals surface area (Å²) in [7, 11) is 0. The number of amides is 1. The SMILES string of the molecule is CCc1ncc(C(=O)N(CC(O)c2ccc(F)cc2)C2CC2)[nH]1. The minimum atomic E-state index is -0.839. The molecule has 2 aromatic rings. The molecule has 1 amide bonds. The molecule has 1 heterocycles. The molecule has 1 aliphatic carbocycles. The van der Waals surface area contributed by atoms with Crippen LogP contribution in [0.1, 0.15) is 47.7 Å². The van der Waals surface area contributed by atoms with Crippen molar-refractivity contribution < 1.29 is 14.3 Å². The van der Waals surface area contributed by atoms with E-state index >= 15 is 0 Å². The van der Waals surface area contributed by atoms with Crippen LogP contribution in [0.5, 0.6) is 0 Å². The molecule has 0 saturated heterocycles. The van der Waals surface area contributed by atoms with Crippen LogP contribution in [0.15, 0.2) is 30.5 Å². The van der Waals surface area contributed by atoms with Gasteiger partial charge in [-0.2, -0.15) is 0 Å². The Morgan fingerprint density at radius 1 is 1.43 bits per heavy atom. The first-order chi connectivity index (χ1) is 11.1. The number of aryl methyl sites for hydroxylation is 1. The van der Waals surface area contributed by atoms with Gasteiger partial charge in [-0.1, -0.05) is 19.1 Å². The highest BCUT2D eigenvalue weighted by molar-refractivity contribution is 5.92. The summed E-state index contributed by atoms with van der Waals surface area (Å²) >= 11 is 0. The highest BCUT2D eigenvalue weighted by Crippen LogP contribution is 2.30. The number of aliphatic hydroxyl groups is 1. The highest BCUT2D eigenvalue weighted by atomic mass is 19.1. The van der Waals surface area contributed by atoms with E-state index in [1.54, 1.807) is 23.2 Å². The highest BCUT2D eigenvalue weighted by Gasteiger charge is 2.35. The van der Waals surface area contributed by atoms with Crippen molar-refractivity contribution >= 4 is 5.91 Å². The van der Waals surface area contributed by atoms with Crippen LogP contribution >= 0.6 is 0 Å². The number of imidazole rings is 1. The van der Waals surface area contributed by atoms with Crippen LogP contribution in [0.25, 0.3) is 0 Å². The summed E-state index contributed by atoms with van der Waals surface area (Å²) in [5.41, 5.74) is 1.05. The maximum atomic E-state index is 13.0. The van der Waals surface area contributed by atoms with E-state index < -0.39 is 6.10 Å². The molecule has 1 aliphatic rings. The zero-order valence-corrected chi connectivity index (χ0v) is 13.0. The maximum absolute atomic E-state index is 13.0. The van der Waals surface area contributed by atoms with Gasteiger partial charge in [0.2, 0.25) is 0 Å². The Bertz CT molecular complexity index is 679. The van der Waals surface area contributed by atoms with E-state index in [2.05, 4.69) is 9.97 Å². The number of benzene rings is 1. The third kappa shape index (κ3) is 3.59. The van der Waals surface area contributed by atoms with E-state index in [9.17, 15) is 14.3 Å². The number of hydrogen-bond donors (Lipinski definition) is 2. The lowest BCUT2D eigenvalue weighted by atomic mass is 10.1. The first kappa shape index (κ1) is 15.7. The van der Waals surface area contributed by atoms with Crippen molar-refractivity contribution in [1.29, 1.82) is 0 Å². The minimum Gasteiger partial charge on any atom is -0.387 e. The molecule has 1 aromatic heterocycles. The van der Waals surface area contributed by atoms with Gasteiger partial charge in [0.15, 0.2) is 0 Å². The van der Waals surface area contributed by atoms with E-state index in [4.69, 9.17) is 0 Å². The van der Waals surface area contributed by atoms with Gasteiger partial charge in [0.05, 0.1) is 18.8 Å². The summed E-state index contributed by atoms with van der Waals surface area (Å²) in [6.45, 7) is 2.15. The Balaban J connectivity index is 1.73. The van der Waals surface area contributed by atoms with E-state index in [1.807, 2.05) is 6.92 Å². The van der Waals surface area contributed by atoms with Crippen molar-refractivity contribution in [1.82, 2.24) is 14.9 Å². The Morgan fingerprint density at radius 3 is 2.70 bits per heavy atom. The monoisotopic (exact) mass is 317 g/mol. The smallest absolute Gasteiger partial charge is 0.272 e. The van der Waals surface area contributed by atoms with Crippen LogP contribution in [-0.2, 0) is 6.42 Å². The standard InChI is InChI=1S/C17H20FN3O2/c1-2-16-19-9-14(20-16)17(23)21(13-7-8-13)10-15(22)11-3-5-12(18)6-4-11/h3-6,9,13,15,22H,2,7-8,10H2,1H3,(H,19,20). The van der Waals surface area contributed by atoms with E-state index in [-0.39, 0.29) is 24.3 Å². The van der Waals surface area contributed by atoms with Gasteiger partial charge >= 0.3 is 0 Å². The molecule has 0 bridgehead atoms. The molecule has 5 nitrogen and oxygen atoms in total. The number of aromatic amines is 1. The number of aliphatic hydroxyl groups excluding tert-OH is 1. The van der Waals surface area contributed by atoms with Gasteiger partial charge in [0.1, 0.15) is 17.3 Å². The molecule has 0 aliphatic heterocycles. The molecule has 0 radical (unpaired) electrons. The molecule has 0 spiro atoms. The molecule has 23 heavy (non-hydrogen) atoms. The summed E-state index contributed by atoms with van der Waals surface area (Å²) in [5.74, 6) is 0.268. The van der Waals surface area contributed by atoms with Crippen molar-refractivity contribution in [2.75, 3.05) is 6.54 Å². The van der Waals surface area contributed by atoms with Crippen molar-refractivity contribution in [3.63, 3.8) is 0 Å². The normalized spacial score (nSPS) is 15.4. The van der Waals surface area contributed by atoms with Gasteiger partial charge < -0.3 is 15.0 Å². The summed E-state index contributed by atoms with van der Waals surface area (Å²) < 4.78 is 13.0. The fourth-order valence-electron chi connectivity index (χ4n) is 2.57. The Kier molecular flexibility index (Phi) is 4.43. The lowest BCUT2D eigenvalue weighted by Crippen LogP contribution is -2.36. The number of nitrogens with one attached hydrogen (secondary N) is 1. The summed E-state index contributed by atoms with van der Waals surface area (Å²) in [6, 6.07) is 5.86. The van der Waals surface area contributed by atoms with E-state index in [1.165, 1.54) is 12.1 Å². The molecule has 6 heteroatoms. The second kappa shape index (κ2) is 6.50. The van der Waals surface area contributed by atoms with Crippen LogP contribution < -0.4 is 0 Å². The Hall–Kier alpha value is -2.21. The van der Waals surface area contributed by atoms with Gasteiger partial charge in [-0.25, -0.2) is 9.37 Å². The van der Waals surface area contributed by atoms with Gasteiger partial charge in [-0.05, 0) is 30.5 Å². The third-order valence-electron chi connectivity index (χ3n) is 4.07. The second-order valence-corrected chi connectivity index (χ2v) is 5.85. The van der Waals surface area contributed by atoms with E-state index in [0.29, 0.717) is 11.3 Å². The molecule has 3 rings (SSSR count). The summed E-state index contributed by atoms with van der Waals surface area (Å²) in [4.78, 5) is 21.5. The first-order valence-electron chi connectivity index (χ1n) is 7.87. The van der Waals surface area contributed by atoms with Gasteiger partial charge in [-0.15, -0.1) is 0 Å². The molecule has 122 valence electrons. The molecule has 1 saturated carbocycles. The van der Waals surface area contributed by atoms with Crippen molar-refractivity contribution in [3.8, 4) is 0 Å². The Morgan fingerprint density at radius 2 is 2.13 bits per heavy atom. The Labute approximate surface area is 134 Å². The number of carbonyl (C=O) groups is 1. The third-order valence-corrected chi connectivity index (χ3v) is 4.07. The van der Waals surface area contributed by atoms with Crippen LogP contribution in [0.2, 0.25) is 0 Å². The lowest BCUT2D eigenvalue weighted by molar-refractivity contribution is 0.0598. The first-order valence-corrected chi connectivity index (χ1v) is 7.87. The summed E-state index contributed by atoms with van der Waals surface area (Å²) in [5, 5.41) is 10.4. The van der Waals surface area contributed by atoms with Crippen molar-refractivity contribution in [3.05, 3.63) is 53.4 Å². The maximum Gasteiger partial charge on any atom is 0.272 e. The fourth-order valence-corrected chi connectivity index (χ4v) is 2.57. The lowest BCUT2D eigenvalue weighted by Gasteiger charge is -2.25. The number of halogens is 1. The van der Waals surface area contributed by atoms with Crippen LogP contribution in [0.4, 0.5) is 4.39 Å². The minimum absolute atomic E-state index is 0.152. The van der Waals surface area contributed by atoms with Crippen LogP contribution in [0.3, 0.4) is 0 Å². The predicted octanol–water partition coefficient (Wildman–Crippen LogP) is 2.45. The number of H-pyrrole nitrogens is 1. The van der Waals surface area contributed by atoms with Gasteiger partial charge in [0.25, 0.3) is 5.91 Å². The average Bonchev–Trinajstić information content (AvgIpc) is 3.28. The second-order valence-electron chi connectivity index (χ2n) is 5.85. The van der Waals surface area contributed by atoms with Crippen molar-refractivity contribution in [2.45, 2.75) is 38.3 Å². The number of carbonyl (C=O) groups excluding carboxylic acids is 1. The van der Waals surface area contributed by atoms with Gasteiger partial charge in [-0.3, -0.25) is 4.79 Å². The average molecular weight is 317 g/mol. The molecule has 2 N–H and O–H groups in total. The number of nitrogens with zero attached hydrogens (tertiary/aromatic N) is 2. The van der Waals surface area contributed by atoms with Crippen LogP contribution in [-0.4, -0.2) is 38.5 Å². The molecule has 1 fully saturated rings. The molecule has 1 aromatic carbocycles. The zero-order valence-electron chi connectivity index (χ0n) is 13.0. The zero-order chi connectivity index (χ0) is 16.4. The predicted molar refractivity (Wildman–Crippen MR) is 83.4 cm³/mol. The largest absolute Gasteiger partial charge is 0.387 e. The molecular formula is C17H20FN3O2. The fraction of sp³-hybridized carbons (Fsp3) is 0.412. The van der Waals surface area contributed by atoms with Crippen LogP contribution in [0, 0.1) is 5.82 Å². The quantitative estimate of drug-likeness (QED) is 0.860. The number of aromatic nitrogens is 2. The summed E-state index contributed by atoms with van der Waals surface area (Å²) in [6.07, 6.45) is 3.32. The number of rotatable bonds is 6. The molecule has 1 atom stereocenters. The van der Waals surface area contributed by atoms with Gasteiger partial charge in [0, 0.05) is 12.5 Å². The number of hydrogen-bond acceptors (Lipinski definition) is 3. The molecule has 1 unspecified atom stereocenters. The van der Waals surface area contributed by atoms with Crippen molar-refractivity contribution in [2.24, 2.45) is 0 Å².